The third-order valence-electron chi connectivity index (χ3n) is 2.67. The summed E-state index contributed by atoms with van der Waals surface area (Å²) in [5.74, 6) is 0.846. The molecule has 0 bridgehead atoms. The molecule has 60 valence electrons. The summed E-state index contributed by atoms with van der Waals surface area (Å²) in [6.07, 6.45) is 7.31. The molecule has 1 fully saturated rings. The predicted molar refractivity (Wildman–Crippen MR) is 43.0 cm³/mol. The van der Waals surface area contributed by atoms with Gasteiger partial charge in [0.05, 0.1) is 6.10 Å². The van der Waals surface area contributed by atoms with E-state index in [1.807, 2.05) is 7.11 Å². The molecule has 0 aromatic heterocycles. The molecule has 0 radical (unpaired) electrons. The van der Waals surface area contributed by atoms with Crippen molar-refractivity contribution in [3.05, 3.63) is 0 Å². The summed E-state index contributed by atoms with van der Waals surface area (Å²) >= 11 is 0. The zero-order valence-corrected chi connectivity index (χ0v) is 7.10. The van der Waals surface area contributed by atoms with Crippen LogP contribution in [0.2, 0.25) is 0 Å². The van der Waals surface area contributed by atoms with Gasteiger partial charge in [0.25, 0.3) is 0 Å². The van der Waals surface area contributed by atoms with Crippen LogP contribution in [0.1, 0.15) is 39.0 Å². The third-order valence-corrected chi connectivity index (χ3v) is 2.67. The zero-order chi connectivity index (χ0) is 7.40. The fraction of sp³-hybridized carbons (Fsp3) is 1.00. The summed E-state index contributed by atoms with van der Waals surface area (Å²) in [5, 5.41) is 0. The number of methoxy groups -OCH3 is 1. The maximum atomic E-state index is 5.39. The average Bonchev–Trinajstić information content (AvgIpc) is 2.04. The summed E-state index contributed by atoms with van der Waals surface area (Å²) < 4.78 is 5.39. The Kier molecular flexibility index (Phi) is 3.20. The van der Waals surface area contributed by atoms with Crippen molar-refractivity contribution in [3.8, 4) is 0 Å². The predicted octanol–water partition coefficient (Wildman–Crippen LogP) is 2.60. The number of rotatable bonds is 2. The highest BCUT2D eigenvalue weighted by Gasteiger charge is 2.22. The van der Waals surface area contributed by atoms with Crippen LogP contribution in [-0.2, 0) is 4.74 Å². The van der Waals surface area contributed by atoms with Gasteiger partial charge in [-0.15, -0.1) is 0 Å². The molecule has 1 heteroatoms. The third kappa shape index (κ3) is 1.72. The molecule has 1 nitrogen and oxygen atoms in total. The van der Waals surface area contributed by atoms with E-state index < -0.39 is 0 Å². The van der Waals surface area contributed by atoms with E-state index in [1.54, 1.807) is 0 Å². The molecule has 1 aliphatic carbocycles. The molecule has 0 aromatic carbocycles. The van der Waals surface area contributed by atoms with Crippen LogP contribution in [0.4, 0.5) is 0 Å². The van der Waals surface area contributed by atoms with E-state index in [-0.39, 0.29) is 0 Å². The average molecular weight is 142 g/mol. The van der Waals surface area contributed by atoms with Gasteiger partial charge in [0, 0.05) is 7.11 Å². The molecule has 0 heterocycles. The van der Waals surface area contributed by atoms with Crippen LogP contribution in [0.3, 0.4) is 0 Å². The molecule has 0 saturated heterocycles. The minimum Gasteiger partial charge on any atom is -0.381 e. The van der Waals surface area contributed by atoms with Crippen LogP contribution in [0.15, 0.2) is 0 Å². The molecule has 0 aromatic rings. The molecular weight excluding hydrogens is 124 g/mol. The van der Waals surface area contributed by atoms with E-state index in [4.69, 9.17) is 4.74 Å². The van der Waals surface area contributed by atoms with Crippen molar-refractivity contribution >= 4 is 0 Å². The van der Waals surface area contributed by atoms with Gasteiger partial charge < -0.3 is 4.74 Å². The Morgan fingerprint density at radius 3 is 2.50 bits per heavy atom. The zero-order valence-electron chi connectivity index (χ0n) is 7.10. The Bertz CT molecular complexity index is 78.7. The van der Waals surface area contributed by atoms with Crippen molar-refractivity contribution in [2.45, 2.75) is 45.1 Å². The molecular formula is C9H18O. The minimum atomic E-state index is 0.568. The van der Waals surface area contributed by atoms with Crippen LogP contribution in [0.5, 0.6) is 0 Å². The first-order valence-electron chi connectivity index (χ1n) is 4.41. The first-order valence-corrected chi connectivity index (χ1v) is 4.41. The summed E-state index contributed by atoms with van der Waals surface area (Å²) in [4.78, 5) is 0. The normalized spacial score (nSPS) is 34.2. The van der Waals surface area contributed by atoms with Crippen molar-refractivity contribution in [1.29, 1.82) is 0 Å². The number of ether oxygens (including phenoxy) is 1. The molecule has 0 N–H and O–H groups in total. The largest absolute Gasteiger partial charge is 0.381 e. The Morgan fingerprint density at radius 1 is 1.30 bits per heavy atom. The lowest BCUT2D eigenvalue weighted by Gasteiger charge is -2.29. The molecule has 1 aliphatic rings. The van der Waals surface area contributed by atoms with Gasteiger partial charge in [-0.2, -0.15) is 0 Å². The number of hydrogen-bond acceptors (Lipinski definition) is 1. The Morgan fingerprint density at radius 2 is 2.00 bits per heavy atom. The molecule has 1 rings (SSSR count). The molecule has 0 aliphatic heterocycles. The topological polar surface area (TPSA) is 9.23 Å². The first kappa shape index (κ1) is 8.06. The molecule has 0 amide bonds. The van der Waals surface area contributed by atoms with Crippen molar-refractivity contribution in [2.24, 2.45) is 5.92 Å². The Labute approximate surface area is 63.8 Å². The lowest BCUT2D eigenvalue weighted by molar-refractivity contribution is 0.0223. The molecule has 0 spiro atoms. The van der Waals surface area contributed by atoms with Gasteiger partial charge >= 0.3 is 0 Å². The van der Waals surface area contributed by atoms with Gasteiger partial charge in [-0.25, -0.2) is 0 Å². The second-order valence-electron chi connectivity index (χ2n) is 3.23. The molecule has 0 unspecified atom stereocenters. The maximum Gasteiger partial charge on any atom is 0.0599 e. The fourth-order valence-electron chi connectivity index (χ4n) is 1.95. The first-order chi connectivity index (χ1) is 4.88. The monoisotopic (exact) mass is 142 g/mol. The van der Waals surface area contributed by atoms with E-state index in [1.165, 1.54) is 32.1 Å². The smallest absolute Gasteiger partial charge is 0.0599 e. The van der Waals surface area contributed by atoms with Crippen LogP contribution < -0.4 is 0 Å². The SMILES string of the molecule is CC[C@@H]1CCCC[C@@H]1OC. The summed E-state index contributed by atoms with van der Waals surface area (Å²) in [5.41, 5.74) is 0. The quantitative estimate of drug-likeness (QED) is 0.576. The second-order valence-corrected chi connectivity index (χ2v) is 3.23. The van der Waals surface area contributed by atoms with Gasteiger partial charge in [0.15, 0.2) is 0 Å². The maximum absolute atomic E-state index is 5.39. The van der Waals surface area contributed by atoms with Crippen molar-refractivity contribution in [1.82, 2.24) is 0 Å². The van der Waals surface area contributed by atoms with Gasteiger partial charge in [-0.05, 0) is 18.8 Å². The van der Waals surface area contributed by atoms with Crippen molar-refractivity contribution in [3.63, 3.8) is 0 Å². The highest BCUT2D eigenvalue weighted by molar-refractivity contribution is 4.74. The van der Waals surface area contributed by atoms with E-state index in [2.05, 4.69) is 6.92 Å². The summed E-state index contributed by atoms with van der Waals surface area (Å²) in [6, 6.07) is 0. The molecule has 10 heavy (non-hydrogen) atoms. The standard InChI is InChI=1S/C9H18O/c1-3-8-6-4-5-7-9(8)10-2/h8-9H,3-7H2,1-2H3/t8-,9+/m1/s1. The summed E-state index contributed by atoms with van der Waals surface area (Å²) in [6.45, 7) is 2.27. The van der Waals surface area contributed by atoms with Crippen molar-refractivity contribution < 1.29 is 4.74 Å². The molecule has 1 saturated carbocycles. The Balaban J connectivity index is 2.34. The van der Waals surface area contributed by atoms with Crippen molar-refractivity contribution in [2.75, 3.05) is 7.11 Å². The Hall–Kier alpha value is -0.0400. The van der Waals surface area contributed by atoms with Gasteiger partial charge in [-0.1, -0.05) is 26.2 Å². The van der Waals surface area contributed by atoms with Crippen LogP contribution in [0, 0.1) is 5.92 Å². The number of hydrogen-bond donors (Lipinski definition) is 0. The van der Waals surface area contributed by atoms with Crippen LogP contribution in [0.25, 0.3) is 0 Å². The minimum absolute atomic E-state index is 0.568. The van der Waals surface area contributed by atoms with Crippen LogP contribution >= 0.6 is 0 Å². The highest BCUT2D eigenvalue weighted by atomic mass is 16.5. The van der Waals surface area contributed by atoms with E-state index in [0.29, 0.717) is 6.10 Å². The van der Waals surface area contributed by atoms with Gasteiger partial charge in [0.2, 0.25) is 0 Å². The van der Waals surface area contributed by atoms with E-state index in [9.17, 15) is 0 Å². The fourth-order valence-corrected chi connectivity index (χ4v) is 1.95. The second kappa shape index (κ2) is 3.97. The van der Waals surface area contributed by atoms with E-state index in [0.717, 1.165) is 5.92 Å². The lowest BCUT2D eigenvalue weighted by atomic mass is 9.85. The van der Waals surface area contributed by atoms with E-state index >= 15 is 0 Å². The highest BCUT2D eigenvalue weighted by Crippen LogP contribution is 2.28. The van der Waals surface area contributed by atoms with Gasteiger partial charge in [0.1, 0.15) is 0 Å². The summed E-state index contributed by atoms with van der Waals surface area (Å²) in [7, 11) is 1.85. The van der Waals surface area contributed by atoms with Gasteiger partial charge in [-0.3, -0.25) is 0 Å². The molecule has 2 atom stereocenters. The lowest BCUT2D eigenvalue weighted by Crippen LogP contribution is -2.25. The van der Waals surface area contributed by atoms with Crippen LogP contribution in [-0.4, -0.2) is 13.2 Å².